The quantitative estimate of drug-likeness (QED) is 0.772. The number of nitrogens with zero attached hydrogens (tertiary/aromatic N) is 3. The number of aromatic nitrogens is 3. The molecule has 6 nitrogen and oxygen atoms in total. The highest BCUT2D eigenvalue weighted by Gasteiger charge is 2.36. The van der Waals surface area contributed by atoms with E-state index in [2.05, 4.69) is 15.0 Å². The van der Waals surface area contributed by atoms with E-state index in [-0.39, 0.29) is 12.0 Å². The summed E-state index contributed by atoms with van der Waals surface area (Å²) in [4.78, 5) is 24.9. The molecule has 0 amide bonds. The molecule has 0 spiro atoms. The van der Waals surface area contributed by atoms with Crippen LogP contribution in [0.15, 0.2) is 18.6 Å². The lowest BCUT2D eigenvalue weighted by Gasteiger charge is -2.39. The SMILES string of the molecule is COC(=O)[C@@H]1CCN1c1ncnc2[nH]ccc12. The Kier molecular flexibility index (Phi) is 2.21. The predicted octanol–water partition coefficient (Wildman–Crippen LogP) is 0.710. The third-order valence-corrected chi connectivity index (χ3v) is 3.10. The Morgan fingerprint density at radius 1 is 1.59 bits per heavy atom. The minimum atomic E-state index is -0.215. The van der Waals surface area contributed by atoms with Gasteiger partial charge in [-0.15, -0.1) is 0 Å². The Labute approximate surface area is 97.6 Å². The van der Waals surface area contributed by atoms with Gasteiger partial charge in [0.1, 0.15) is 23.8 Å². The molecule has 2 aromatic heterocycles. The fourth-order valence-electron chi connectivity index (χ4n) is 2.11. The Morgan fingerprint density at radius 2 is 2.47 bits per heavy atom. The van der Waals surface area contributed by atoms with Crippen molar-refractivity contribution in [1.29, 1.82) is 0 Å². The van der Waals surface area contributed by atoms with Crippen LogP contribution < -0.4 is 4.90 Å². The number of hydrogen-bond acceptors (Lipinski definition) is 5. The van der Waals surface area contributed by atoms with Crippen LogP contribution in [0.5, 0.6) is 0 Å². The summed E-state index contributed by atoms with van der Waals surface area (Å²) in [5, 5.41) is 0.932. The molecule has 1 aliphatic rings. The van der Waals surface area contributed by atoms with E-state index in [1.165, 1.54) is 13.4 Å². The van der Waals surface area contributed by atoms with Crippen LogP contribution in [0.3, 0.4) is 0 Å². The van der Waals surface area contributed by atoms with Crippen LogP contribution >= 0.6 is 0 Å². The molecular formula is C11H12N4O2. The summed E-state index contributed by atoms with van der Waals surface area (Å²) in [6, 6.07) is 1.70. The summed E-state index contributed by atoms with van der Waals surface area (Å²) in [6.07, 6.45) is 4.12. The number of nitrogens with one attached hydrogen (secondary N) is 1. The highest BCUT2D eigenvalue weighted by atomic mass is 16.5. The normalized spacial score (nSPS) is 19.1. The van der Waals surface area contributed by atoms with E-state index in [0.717, 1.165) is 29.8 Å². The molecule has 6 heteroatoms. The maximum atomic E-state index is 11.5. The smallest absolute Gasteiger partial charge is 0.328 e. The van der Waals surface area contributed by atoms with Gasteiger partial charge in [-0.25, -0.2) is 14.8 Å². The van der Waals surface area contributed by atoms with Crippen molar-refractivity contribution in [3.05, 3.63) is 18.6 Å². The van der Waals surface area contributed by atoms with Crippen LogP contribution in [-0.2, 0) is 9.53 Å². The molecular weight excluding hydrogens is 220 g/mol. The van der Waals surface area contributed by atoms with Crippen LogP contribution in [0.2, 0.25) is 0 Å². The number of hydrogen-bond donors (Lipinski definition) is 1. The van der Waals surface area contributed by atoms with Gasteiger partial charge < -0.3 is 14.6 Å². The van der Waals surface area contributed by atoms with Crippen LogP contribution in [0.1, 0.15) is 6.42 Å². The number of anilines is 1. The van der Waals surface area contributed by atoms with Gasteiger partial charge in [-0.05, 0) is 12.5 Å². The molecule has 0 unspecified atom stereocenters. The fraction of sp³-hybridized carbons (Fsp3) is 0.364. The number of esters is 1. The molecule has 0 saturated carbocycles. The first-order valence-electron chi connectivity index (χ1n) is 5.44. The van der Waals surface area contributed by atoms with E-state index in [0.29, 0.717) is 0 Å². The molecule has 3 rings (SSSR count). The molecule has 1 N–H and O–H groups in total. The van der Waals surface area contributed by atoms with Gasteiger partial charge in [-0.1, -0.05) is 0 Å². The van der Waals surface area contributed by atoms with Crippen molar-refractivity contribution in [3.63, 3.8) is 0 Å². The van der Waals surface area contributed by atoms with E-state index >= 15 is 0 Å². The zero-order valence-electron chi connectivity index (χ0n) is 9.38. The van der Waals surface area contributed by atoms with Crippen molar-refractivity contribution in [2.24, 2.45) is 0 Å². The monoisotopic (exact) mass is 232 g/mol. The Morgan fingerprint density at radius 3 is 3.18 bits per heavy atom. The fourth-order valence-corrected chi connectivity index (χ4v) is 2.11. The Bertz CT molecular complexity index is 565. The predicted molar refractivity (Wildman–Crippen MR) is 61.7 cm³/mol. The zero-order valence-corrected chi connectivity index (χ0v) is 9.38. The average molecular weight is 232 g/mol. The topological polar surface area (TPSA) is 71.1 Å². The third-order valence-electron chi connectivity index (χ3n) is 3.10. The van der Waals surface area contributed by atoms with Crippen molar-refractivity contribution in [1.82, 2.24) is 15.0 Å². The van der Waals surface area contributed by atoms with Crippen LogP contribution in [0, 0.1) is 0 Å². The third kappa shape index (κ3) is 1.44. The molecule has 88 valence electrons. The van der Waals surface area contributed by atoms with Crippen molar-refractivity contribution in [2.45, 2.75) is 12.5 Å². The minimum Gasteiger partial charge on any atom is -0.467 e. The first kappa shape index (κ1) is 10.1. The lowest BCUT2D eigenvalue weighted by atomic mass is 10.0. The van der Waals surface area contributed by atoms with E-state index in [9.17, 15) is 4.79 Å². The molecule has 1 atom stereocenters. The van der Waals surface area contributed by atoms with Gasteiger partial charge in [0, 0.05) is 12.7 Å². The lowest BCUT2D eigenvalue weighted by molar-refractivity contribution is -0.143. The van der Waals surface area contributed by atoms with Crippen molar-refractivity contribution >= 4 is 22.8 Å². The maximum absolute atomic E-state index is 11.5. The summed E-state index contributed by atoms with van der Waals surface area (Å²) in [6.45, 7) is 0.817. The standard InChI is InChI=1S/C11H12N4O2/c1-17-11(16)8-3-5-15(8)10-7-2-4-12-9(7)13-6-14-10/h2,4,6,8H,3,5H2,1H3,(H,12,13,14)/t8-/m0/s1. The van der Waals surface area contributed by atoms with E-state index in [1.54, 1.807) is 0 Å². The zero-order chi connectivity index (χ0) is 11.8. The van der Waals surface area contributed by atoms with Crippen molar-refractivity contribution < 1.29 is 9.53 Å². The number of aromatic amines is 1. The van der Waals surface area contributed by atoms with Gasteiger partial charge in [-0.3, -0.25) is 0 Å². The second kappa shape index (κ2) is 3.73. The number of rotatable bonds is 2. The lowest BCUT2D eigenvalue weighted by Crippen LogP contribution is -2.53. The first-order valence-corrected chi connectivity index (χ1v) is 5.44. The number of H-pyrrole nitrogens is 1. The number of carbonyl (C=O) groups excluding carboxylic acids is 1. The van der Waals surface area contributed by atoms with Crippen LogP contribution in [0.25, 0.3) is 11.0 Å². The van der Waals surface area contributed by atoms with Crippen LogP contribution in [-0.4, -0.2) is 40.6 Å². The molecule has 0 aromatic carbocycles. The highest BCUT2D eigenvalue weighted by Crippen LogP contribution is 2.30. The number of fused-ring (bicyclic) bond motifs is 1. The van der Waals surface area contributed by atoms with Gasteiger partial charge in [0.05, 0.1) is 12.5 Å². The Balaban J connectivity index is 1.99. The summed E-state index contributed by atoms with van der Waals surface area (Å²) in [5.41, 5.74) is 0.783. The van der Waals surface area contributed by atoms with Crippen molar-refractivity contribution in [2.75, 3.05) is 18.6 Å². The molecule has 1 saturated heterocycles. The van der Waals surface area contributed by atoms with E-state index < -0.39 is 0 Å². The summed E-state index contributed by atoms with van der Waals surface area (Å²) >= 11 is 0. The summed E-state index contributed by atoms with van der Waals surface area (Å²) < 4.78 is 4.77. The average Bonchev–Trinajstić information content (AvgIpc) is 2.76. The molecule has 0 bridgehead atoms. The highest BCUT2D eigenvalue weighted by molar-refractivity contribution is 5.91. The first-order chi connectivity index (χ1) is 8.31. The summed E-state index contributed by atoms with van der Waals surface area (Å²) in [5.74, 6) is 0.580. The second-order valence-corrected chi connectivity index (χ2v) is 3.96. The van der Waals surface area contributed by atoms with Gasteiger partial charge in [-0.2, -0.15) is 0 Å². The molecule has 17 heavy (non-hydrogen) atoms. The largest absolute Gasteiger partial charge is 0.467 e. The number of carbonyl (C=O) groups is 1. The van der Waals surface area contributed by atoms with E-state index in [4.69, 9.17) is 4.74 Å². The molecule has 1 aliphatic heterocycles. The number of methoxy groups -OCH3 is 1. The van der Waals surface area contributed by atoms with Gasteiger partial charge in [0.15, 0.2) is 0 Å². The molecule has 2 aromatic rings. The molecule has 3 heterocycles. The van der Waals surface area contributed by atoms with Crippen LogP contribution in [0.4, 0.5) is 5.82 Å². The maximum Gasteiger partial charge on any atom is 0.328 e. The van der Waals surface area contributed by atoms with Gasteiger partial charge in [0.2, 0.25) is 0 Å². The van der Waals surface area contributed by atoms with E-state index in [1.807, 2.05) is 17.2 Å². The Hall–Kier alpha value is -2.11. The number of ether oxygens (including phenoxy) is 1. The summed E-state index contributed by atoms with van der Waals surface area (Å²) in [7, 11) is 1.41. The van der Waals surface area contributed by atoms with Crippen molar-refractivity contribution in [3.8, 4) is 0 Å². The van der Waals surface area contributed by atoms with Gasteiger partial charge in [0.25, 0.3) is 0 Å². The molecule has 0 aliphatic carbocycles. The van der Waals surface area contributed by atoms with Gasteiger partial charge >= 0.3 is 5.97 Å². The second-order valence-electron chi connectivity index (χ2n) is 3.96. The molecule has 0 radical (unpaired) electrons. The molecule has 1 fully saturated rings. The minimum absolute atomic E-state index is 0.210.